The Labute approximate surface area is 80.1 Å². The van der Waals surface area contributed by atoms with Crippen molar-refractivity contribution in [1.82, 2.24) is 4.31 Å². The van der Waals surface area contributed by atoms with Gasteiger partial charge in [-0.25, -0.2) is 12.7 Å². The fourth-order valence-corrected chi connectivity index (χ4v) is 2.79. The van der Waals surface area contributed by atoms with Gasteiger partial charge in [0.05, 0.1) is 6.26 Å². The molecule has 0 amide bonds. The van der Waals surface area contributed by atoms with Gasteiger partial charge in [-0.05, 0) is 25.3 Å². The Hall–Kier alpha value is -0.130. The van der Waals surface area contributed by atoms with Gasteiger partial charge < -0.3 is 5.73 Å². The van der Waals surface area contributed by atoms with E-state index in [1.165, 1.54) is 10.6 Å². The summed E-state index contributed by atoms with van der Waals surface area (Å²) in [4.78, 5) is 0. The van der Waals surface area contributed by atoms with E-state index in [-0.39, 0.29) is 6.04 Å². The quantitative estimate of drug-likeness (QED) is 0.707. The molecular formula is C8H18N2O2S. The van der Waals surface area contributed by atoms with Crippen LogP contribution in [0.1, 0.15) is 19.3 Å². The van der Waals surface area contributed by atoms with Crippen molar-refractivity contribution >= 4 is 10.0 Å². The zero-order valence-corrected chi connectivity index (χ0v) is 9.05. The number of hydrogen-bond acceptors (Lipinski definition) is 3. The monoisotopic (exact) mass is 206 g/mol. The zero-order valence-electron chi connectivity index (χ0n) is 8.23. The van der Waals surface area contributed by atoms with Crippen molar-refractivity contribution in [2.24, 2.45) is 11.7 Å². The lowest BCUT2D eigenvalue weighted by Crippen LogP contribution is -2.40. The Bertz CT molecular complexity index is 263. The number of rotatable bonds is 3. The van der Waals surface area contributed by atoms with Crippen molar-refractivity contribution in [3.8, 4) is 0 Å². The predicted molar refractivity (Wildman–Crippen MR) is 52.8 cm³/mol. The van der Waals surface area contributed by atoms with Gasteiger partial charge >= 0.3 is 0 Å². The summed E-state index contributed by atoms with van der Waals surface area (Å²) in [6, 6.07) is 0.125. The maximum Gasteiger partial charge on any atom is 0.211 e. The van der Waals surface area contributed by atoms with Crippen LogP contribution in [0.25, 0.3) is 0 Å². The van der Waals surface area contributed by atoms with Crippen molar-refractivity contribution in [3.05, 3.63) is 0 Å². The molecular weight excluding hydrogens is 188 g/mol. The van der Waals surface area contributed by atoms with Gasteiger partial charge in [-0.1, -0.05) is 6.42 Å². The molecule has 0 aromatic heterocycles. The molecule has 1 aliphatic rings. The standard InChI is InChI=1S/C8H18N2O2S/c1-10(13(2,11)12)8-5-3-4-7(8)6-9/h7-8H,3-6,9H2,1-2H3. The molecule has 5 heteroatoms. The molecule has 1 rings (SSSR count). The molecule has 2 N–H and O–H groups in total. The lowest BCUT2D eigenvalue weighted by molar-refractivity contribution is 0.306. The van der Waals surface area contributed by atoms with Gasteiger partial charge in [0, 0.05) is 13.1 Å². The molecule has 1 saturated carbocycles. The van der Waals surface area contributed by atoms with Crippen molar-refractivity contribution in [3.63, 3.8) is 0 Å². The van der Waals surface area contributed by atoms with Crippen molar-refractivity contribution < 1.29 is 8.42 Å². The summed E-state index contributed by atoms with van der Waals surface area (Å²) in [6.45, 7) is 0.588. The molecule has 0 aliphatic heterocycles. The first-order chi connectivity index (χ1) is 5.96. The van der Waals surface area contributed by atoms with Gasteiger partial charge in [0.1, 0.15) is 0 Å². The molecule has 13 heavy (non-hydrogen) atoms. The summed E-state index contributed by atoms with van der Waals surface area (Å²) in [5.74, 6) is 0.347. The maximum absolute atomic E-state index is 11.3. The van der Waals surface area contributed by atoms with Crippen LogP contribution in [0.4, 0.5) is 0 Å². The number of nitrogens with zero attached hydrogens (tertiary/aromatic N) is 1. The van der Waals surface area contributed by atoms with E-state index < -0.39 is 10.0 Å². The van der Waals surface area contributed by atoms with Crippen LogP contribution in [0.5, 0.6) is 0 Å². The molecule has 0 heterocycles. The molecule has 2 atom stereocenters. The second kappa shape index (κ2) is 3.94. The molecule has 0 spiro atoms. The third kappa shape index (κ3) is 2.42. The van der Waals surface area contributed by atoms with E-state index in [0.717, 1.165) is 19.3 Å². The summed E-state index contributed by atoms with van der Waals surface area (Å²) in [5, 5.41) is 0. The Kier molecular flexibility index (Phi) is 3.32. The first-order valence-corrected chi connectivity index (χ1v) is 6.44. The Balaban J connectivity index is 2.71. The van der Waals surface area contributed by atoms with E-state index in [1.807, 2.05) is 0 Å². The lowest BCUT2D eigenvalue weighted by atomic mass is 10.0. The molecule has 2 unspecified atom stereocenters. The fourth-order valence-electron chi connectivity index (χ4n) is 2.02. The highest BCUT2D eigenvalue weighted by atomic mass is 32.2. The second-order valence-corrected chi connectivity index (χ2v) is 5.82. The topological polar surface area (TPSA) is 63.4 Å². The molecule has 4 nitrogen and oxygen atoms in total. The highest BCUT2D eigenvalue weighted by molar-refractivity contribution is 7.88. The van der Waals surface area contributed by atoms with Crippen LogP contribution in [0, 0.1) is 5.92 Å². The molecule has 0 aromatic carbocycles. The number of hydrogen-bond donors (Lipinski definition) is 1. The summed E-state index contributed by atoms with van der Waals surface area (Å²) in [6.07, 6.45) is 4.34. The van der Waals surface area contributed by atoms with E-state index >= 15 is 0 Å². The molecule has 78 valence electrons. The van der Waals surface area contributed by atoms with E-state index in [4.69, 9.17) is 5.73 Å². The summed E-state index contributed by atoms with van der Waals surface area (Å²) in [5.41, 5.74) is 5.58. The van der Waals surface area contributed by atoms with E-state index in [1.54, 1.807) is 7.05 Å². The molecule has 1 fully saturated rings. The average molecular weight is 206 g/mol. The lowest BCUT2D eigenvalue weighted by Gasteiger charge is -2.26. The summed E-state index contributed by atoms with van der Waals surface area (Å²) >= 11 is 0. The van der Waals surface area contributed by atoms with Gasteiger partial charge in [0.25, 0.3) is 0 Å². The largest absolute Gasteiger partial charge is 0.330 e. The van der Waals surface area contributed by atoms with Crippen molar-refractivity contribution in [2.45, 2.75) is 25.3 Å². The second-order valence-electron chi connectivity index (χ2n) is 3.77. The highest BCUT2D eigenvalue weighted by Gasteiger charge is 2.33. The molecule has 0 radical (unpaired) electrons. The minimum absolute atomic E-state index is 0.125. The van der Waals surface area contributed by atoms with Crippen LogP contribution in [0.15, 0.2) is 0 Å². The van der Waals surface area contributed by atoms with Gasteiger partial charge in [0.2, 0.25) is 10.0 Å². The minimum Gasteiger partial charge on any atom is -0.330 e. The highest BCUT2D eigenvalue weighted by Crippen LogP contribution is 2.29. The zero-order chi connectivity index (χ0) is 10.1. The van der Waals surface area contributed by atoms with Crippen LogP contribution in [-0.4, -0.2) is 38.6 Å². The minimum atomic E-state index is -3.05. The van der Waals surface area contributed by atoms with E-state index in [9.17, 15) is 8.42 Å². The molecule has 0 aromatic rings. The normalized spacial score (nSPS) is 29.8. The van der Waals surface area contributed by atoms with Gasteiger partial charge in [-0.2, -0.15) is 0 Å². The van der Waals surface area contributed by atoms with Crippen LogP contribution in [0.2, 0.25) is 0 Å². The average Bonchev–Trinajstić information content (AvgIpc) is 2.48. The first-order valence-electron chi connectivity index (χ1n) is 4.60. The van der Waals surface area contributed by atoms with Gasteiger partial charge in [0.15, 0.2) is 0 Å². The number of nitrogens with two attached hydrogens (primary N) is 1. The Morgan fingerprint density at radius 1 is 1.46 bits per heavy atom. The van der Waals surface area contributed by atoms with Crippen LogP contribution in [0.3, 0.4) is 0 Å². The van der Waals surface area contributed by atoms with Crippen molar-refractivity contribution in [2.75, 3.05) is 19.8 Å². The smallest absolute Gasteiger partial charge is 0.211 e. The van der Waals surface area contributed by atoms with E-state index in [2.05, 4.69) is 0 Å². The SMILES string of the molecule is CN(C1CCCC1CN)S(C)(=O)=O. The first kappa shape index (κ1) is 10.9. The van der Waals surface area contributed by atoms with Crippen LogP contribution < -0.4 is 5.73 Å². The summed E-state index contributed by atoms with van der Waals surface area (Å²) < 4.78 is 24.0. The van der Waals surface area contributed by atoms with Gasteiger partial charge in [-0.15, -0.1) is 0 Å². The van der Waals surface area contributed by atoms with Crippen LogP contribution >= 0.6 is 0 Å². The molecule has 0 bridgehead atoms. The predicted octanol–water partition coefficient (Wildman–Crippen LogP) is 0.00520. The maximum atomic E-state index is 11.3. The number of sulfonamides is 1. The third-order valence-corrected chi connectivity index (χ3v) is 4.23. The molecule has 1 aliphatic carbocycles. The summed E-state index contributed by atoms with van der Waals surface area (Å²) in [7, 11) is -1.40. The van der Waals surface area contributed by atoms with E-state index in [0.29, 0.717) is 12.5 Å². The Morgan fingerprint density at radius 2 is 2.08 bits per heavy atom. The van der Waals surface area contributed by atoms with Gasteiger partial charge in [-0.3, -0.25) is 0 Å². The third-order valence-electron chi connectivity index (χ3n) is 2.91. The van der Waals surface area contributed by atoms with Crippen molar-refractivity contribution in [1.29, 1.82) is 0 Å². The Morgan fingerprint density at radius 3 is 2.54 bits per heavy atom. The van der Waals surface area contributed by atoms with Crippen LogP contribution in [-0.2, 0) is 10.0 Å². The molecule has 0 saturated heterocycles. The fraction of sp³-hybridized carbons (Fsp3) is 1.00.